The molecule has 2 aromatic heterocycles. The van der Waals surface area contributed by atoms with Crippen molar-refractivity contribution >= 4 is 16.6 Å². The number of pyridine rings is 1. The van der Waals surface area contributed by atoms with Crippen LogP contribution in [0.2, 0.25) is 0 Å². The Balaban J connectivity index is 1.33. The highest BCUT2D eigenvalue weighted by atomic mass is 16.5. The molecule has 0 radical (unpaired) electrons. The van der Waals surface area contributed by atoms with Crippen molar-refractivity contribution in [3.63, 3.8) is 0 Å². The lowest BCUT2D eigenvalue weighted by molar-refractivity contribution is 0.171. The van der Waals surface area contributed by atoms with Crippen LogP contribution in [0.1, 0.15) is 18.4 Å². The van der Waals surface area contributed by atoms with Crippen molar-refractivity contribution in [3.8, 4) is 17.5 Å². The van der Waals surface area contributed by atoms with Crippen LogP contribution in [-0.2, 0) is 7.05 Å². The van der Waals surface area contributed by atoms with Gasteiger partial charge in [0.15, 0.2) is 0 Å². The Labute approximate surface area is 185 Å². The molecule has 1 saturated heterocycles. The van der Waals surface area contributed by atoms with Gasteiger partial charge in [-0.3, -0.25) is 4.79 Å². The van der Waals surface area contributed by atoms with E-state index in [0.717, 1.165) is 54.0 Å². The van der Waals surface area contributed by atoms with Crippen molar-refractivity contribution in [2.75, 3.05) is 18.0 Å². The van der Waals surface area contributed by atoms with Gasteiger partial charge < -0.3 is 18.8 Å². The summed E-state index contributed by atoms with van der Waals surface area (Å²) in [6.45, 7) is 1.45. The van der Waals surface area contributed by atoms with Crippen molar-refractivity contribution in [1.29, 1.82) is 5.26 Å². The SMILES string of the molecule is Cn1c(=O)c(C#N)c(N2CCC(Oc3ccc(-n4ccnc4)cc3)CC2)c2ccccc21. The minimum absolute atomic E-state index is 0.0914. The molecule has 1 aliphatic rings. The first kappa shape index (κ1) is 19.9. The van der Waals surface area contributed by atoms with Gasteiger partial charge in [0.1, 0.15) is 23.5 Å². The van der Waals surface area contributed by atoms with E-state index < -0.39 is 0 Å². The predicted octanol–water partition coefficient (Wildman–Crippen LogP) is 3.64. The van der Waals surface area contributed by atoms with Crippen LogP contribution in [0.4, 0.5) is 5.69 Å². The number of aromatic nitrogens is 3. The molecular weight excluding hydrogens is 402 g/mol. The molecule has 0 saturated carbocycles. The summed E-state index contributed by atoms with van der Waals surface area (Å²) in [5, 5.41) is 10.7. The van der Waals surface area contributed by atoms with E-state index in [1.54, 1.807) is 24.1 Å². The van der Waals surface area contributed by atoms with E-state index in [1.807, 2.05) is 59.3 Å². The Morgan fingerprint density at radius 1 is 1.09 bits per heavy atom. The normalized spacial score (nSPS) is 14.4. The predicted molar refractivity (Wildman–Crippen MR) is 123 cm³/mol. The molecule has 1 aliphatic heterocycles. The molecule has 3 heterocycles. The van der Waals surface area contributed by atoms with Crippen LogP contribution in [-0.4, -0.2) is 33.3 Å². The third kappa shape index (κ3) is 3.50. The molecule has 0 spiro atoms. The quantitative estimate of drug-likeness (QED) is 0.499. The highest BCUT2D eigenvalue weighted by Gasteiger charge is 2.26. The minimum Gasteiger partial charge on any atom is -0.490 e. The molecule has 0 aliphatic carbocycles. The van der Waals surface area contributed by atoms with Gasteiger partial charge in [0.05, 0.1) is 17.5 Å². The van der Waals surface area contributed by atoms with E-state index in [1.165, 1.54) is 0 Å². The largest absolute Gasteiger partial charge is 0.490 e. The Hall–Kier alpha value is -4.05. The first-order valence-electron chi connectivity index (χ1n) is 10.7. The zero-order valence-electron chi connectivity index (χ0n) is 17.8. The fourth-order valence-electron chi connectivity index (χ4n) is 4.41. The molecule has 0 N–H and O–H groups in total. The summed E-state index contributed by atoms with van der Waals surface area (Å²) < 4.78 is 9.72. The number of anilines is 1. The maximum absolute atomic E-state index is 12.8. The van der Waals surface area contributed by atoms with Crippen LogP contribution >= 0.6 is 0 Å². The van der Waals surface area contributed by atoms with Crippen LogP contribution in [0.5, 0.6) is 5.75 Å². The average Bonchev–Trinajstić information content (AvgIpc) is 3.37. The fraction of sp³-hybridized carbons (Fsp3) is 0.240. The first-order chi connectivity index (χ1) is 15.7. The van der Waals surface area contributed by atoms with Gasteiger partial charge in [-0.15, -0.1) is 0 Å². The second-order valence-corrected chi connectivity index (χ2v) is 7.98. The van der Waals surface area contributed by atoms with E-state index in [2.05, 4.69) is 16.0 Å². The molecular formula is C25H23N5O2. The lowest BCUT2D eigenvalue weighted by Gasteiger charge is -2.35. The molecule has 32 heavy (non-hydrogen) atoms. The highest BCUT2D eigenvalue weighted by molar-refractivity contribution is 5.94. The molecule has 7 nitrogen and oxygen atoms in total. The molecule has 2 aromatic carbocycles. The van der Waals surface area contributed by atoms with Gasteiger partial charge in [0, 0.05) is 56.4 Å². The van der Waals surface area contributed by atoms with Gasteiger partial charge in [-0.1, -0.05) is 18.2 Å². The van der Waals surface area contributed by atoms with E-state index in [0.29, 0.717) is 0 Å². The lowest BCUT2D eigenvalue weighted by Crippen LogP contribution is -2.40. The van der Waals surface area contributed by atoms with E-state index in [-0.39, 0.29) is 17.2 Å². The molecule has 0 unspecified atom stereocenters. The molecule has 0 bridgehead atoms. The van der Waals surface area contributed by atoms with Crippen molar-refractivity contribution in [2.45, 2.75) is 18.9 Å². The van der Waals surface area contributed by atoms with Gasteiger partial charge in [0.25, 0.3) is 5.56 Å². The van der Waals surface area contributed by atoms with Gasteiger partial charge in [0.2, 0.25) is 0 Å². The Kier molecular flexibility index (Phi) is 5.12. The standard InChI is InChI=1S/C25H23N5O2/c1-28-23-5-3-2-4-21(23)24(22(16-26)25(28)31)29-13-10-20(11-14-29)32-19-8-6-18(7-9-19)30-15-12-27-17-30/h2-9,12,15,17,20H,10-11,13-14H2,1H3. The maximum atomic E-state index is 12.8. The second-order valence-electron chi connectivity index (χ2n) is 7.98. The summed E-state index contributed by atoms with van der Waals surface area (Å²) in [5.41, 5.74) is 2.57. The third-order valence-electron chi connectivity index (χ3n) is 6.09. The van der Waals surface area contributed by atoms with E-state index in [9.17, 15) is 10.1 Å². The molecule has 7 heteroatoms. The number of hydrogen-bond donors (Lipinski definition) is 0. The smallest absolute Gasteiger partial charge is 0.270 e. The summed E-state index contributed by atoms with van der Waals surface area (Å²) in [6, 6.07) is 17.9. The number of nitriles is 1. The number of benzene rings is 2. The van der Waals surface area contributed by atoms with Crippen LogP contribution in [0.15, 0.2) is 72.0 Å². The van der Waals surface area contributed by atoms with Gasteiger partial charge >= 0.3 is 0 Å². The maximum Gasteiger partial charge on any atom is 0.270 e. The molecule has 0 atom stereocenters. The molecule has 5 rings (SSSR count). The van der Waals surface area contributed by atoms with Gasteiger partial charge in [-0.2, -0.15) is 5.26 Å². The van der Waals surface area contributed by atoms with E-state index in [4.69, 9.17) is 4.74 Å². The number of piperidine rings is 1. The van der Waals surface area contributed by atoms with Crippen molar-refractivity contribution in [2.24, 2.45) is 7.05 Å². The van der Waals surface area contributed by atoms with Crippen molar-refractivity contribution in [3.05, 3.63) is 83.2 Å². The molecule has 160 valence electrons. The first-order valence-corrected chi connectivity index (χ1v) is 10.7. The van der Waals surface area contributed by atoms with Crippen molar-refractivity contribution < 1.29 is 4.74 Å². The Morgan fingerprint density at radius 3 is 2.53 bits per heavy atom. The van der Waals surface area contributed by atoms with Crippen LogP contribution in [0.25, 0.3) is 16.6 Å². The number of rotatable bonds is 4. The summed E-state index contributed by atoms with van der Waals surface area (Å²) in [7, 11) is 1.72. The van der Waals surface area contributed by atoms with Crippen LogP contribution in [0.3, 0.4) is 0 Å². The number of hydrogen-bond acceptors (Lipinski definition) is 5. The Morgan fingerprint density at radius 2 is 1.84 bits per heavy atom. The lowest BCUT2D eigenvalue weighted by atomic mass is 10.0. The highest BCUT2D eigenvalue weighted by Crippen LogP contribution is 2.31. The van der Waals surface area contributed by atoms with E-state index >= 15 is 0 Å². The zero-order chi connectivity index (χ0) is 22.1. The summed E-state index contributed by atoms with van der Waals surface area (Å²) in [6.07, 6.45) is 7.15. The fourth-order valence-corrected chi connectivity index (χ4v) is 4.41. The van der Waals surface area contributed by atoms with Crippen LogP contribution in [0, 0.1) is 11.3 Å². The molecule has 0 amide bonds. The minimum atomic E-state index is -0.252. The third-order valence-corrected chi connectivity index (χ3v) is 6.09. The van der Waals surface area contributed by atoms with Crippen LogP contribution < -0.4 is 15.2 Å². The topological polar surface area (TPSA) is 76.1 Å². The van der Waals surface area contributed by atoms with Gasteiger partial charge in [-0.25, -0.2) is 4.98 Å². The monoisotopic (exact) mass is 425 g/mol. The number of fused-ring (bicyclic) bond motifs is 1. The number of ether oxygens (including phenoxy) is 1. The second kappa shape index (κ2) is 8.23. The van der Waals surface area contributed by atoms with Gasteiger partial charge in [-0.05, 0) is 30.3 Å². The molecule has 4 aromatic rings. The summed E-state index contributed by atoms with van der Waals surface area (Å²) >= 11 is 0. The Bertz CT molecular complexity index is 1340. The average molecular weight is 425 g/mol. The number of aryl methyl sites for hydroxylation is 1. The summed E-state index contributed by atoms with van der Waals surface area (Å²) in [5.74, 6) is 0.837. The number of para-hydroxylation sites is 1. The number of nitrogens with zero attached hydrogens (tertiary/aromatic N) is 5. The molecule has 1 fully saturated rings. The number of imidazole rings is 1. The zero-order valence-corrected chi connectivity index (χ0v) is 17.8. The summed E-state index contributed by atoms with van der Waals surface area (Å²) in [4.78, 5) is 19.0. The van der Waals surface area contributed by atoms with Crippen molar-refractivity contribution in [1.82, 2.24) is 14.1 Å².